The summed E-state index contributed by atoms with van der Waals surface area (Å²) in [5.41, 5.74) is 1.13. The van der Waals surface area contributed by atoms with Crippen LogP contribution in [0, 0.1) is 5.92 Å². The first-order valence-corrected chi connectivity index (χ1v) is 9.48. The van der Waals surface area contributed by atoms with E-state index in [1.807, 2.05) is 38.1 Å². The minimum Gasteiger partial charge on any atom is -0.464 e. The fourth-order valence-corrected chi connectivity index (χ4v) is 2.94. The number of nitrogens with zero attached hydrogens (tertiary/aromatic N) is 2. The van der Waals surface area contributed by atoms with Gasteiger partial charge in [-0.3, -0.25) is 13.9 Å². The molecular weight excluding hydrogens is 349 g/mol. The number of aromatic nitrogens is 2. The number of rotatable bonds is 10. The molecule has 1 aromatic carbocycles. The van der Waals surface area contributed by atoms with Crippen molar-refractivity contribution >= 4 is 22.8 Å². The van der Waals surface area contributed by atoms with E-state index in [-0.39, 0.29) is 24.9 Å². The number of halogens is 1. The van der Waals surface area contributed by atoms with Gasteiger partial charge in [-0.1, -0.05) is 32.0 Å². The van der Waals surface area contributed by atoms with Crippen LogP contribution in [0.5, 0.6) is 0 Å². The zero-order chi connectivity index (χ0) is 19.8. The molecule has 148 valence electrons. The number of hydrogen-bond donors (Lipinski definition) is 1. The number of alkyl halides is 1. The first-order chi connectivity index (χ1) is 13.0. The first-order valence-electron chi connectivity index (χ1n) is 9.48. The quantitative estimate of drug-likeness (QED) is 0.508. The standard InChI is InChI=1S/C20H28FN3O3/c1-4-27-20(26)17(14(2)3)22-19(25)18-15-10-6-7-11-16(15)24(23-18)13-9-5-8-12-21/h6-7,10-11,14,17H,4-5,8-9,12-13H2,1-3H3,(H,22,25)/t17-/m1/s1. The van der Waals surface area contributed by atoms with E-state index in [1.54, 1.807) is 11.6 Å². The molecule has 0 unspecified atom stereocenters. The Morgan fingerprint density at radius 2 is 1.96 bits per heavy atom. The zero-order valence-electron chi connectivity index (χ0n) is 16.2. The van der Waals surface area contributed by atoms with Crippen molar-refractivity contribution in [2.45, 2.75) is 52.6 Å². The molecule has 0 saturated heterocycles. The number of unbranched alkanes of at least 4 members (excludes halogenated alkanes) is 2. The van der Waals surface area contributed by atoms with Gasteiger partial charge >= 0.3 is 5.97 Å². The maximum absolute atomic E-state index is 12.8. The molecule has 0 radical (unpaired) electrons. The number of carbonyl (C=O) groups excluding carboxylic acids is 2. The first kappa shape index (κ1) is 20.9. The second kappa shape index (κ2) is 10.0. The molecule has 1 N–H and O–H groups in total. The molecule has 0 aliphatic rings. The molecule has 1 atom stereocenters. The Hall–Kier alpha value is -2.44. The maximum Gasteiger partial charge on any atom is 0.328 e. The number of ether oxygens (including phenoxy) is 1. The smallest absolute Gasteiger partial charge is 0.328 e. The summed E-state index contributed by atoms with van der Waals surface area (Å²) in [6.45, 7) is 5.98. The van der Waals surface area contributed by atoms with Crippen molar-refractivity contribution in [2.75, 3.05) is 13.3 Å². The van der Waals surface area contributed by atoms with Gasteiger partial charge in [0.25, 0.3) is 5.91 Å². The van der Waals surface area contributed by atoms with Crippen molar-refractivity contribution in [3.8, 4) is 0 Å². The predicted molar refractivity (Wildman–Crippen MR) is 102 cm³/mol. The second-order valence-corrected chi connectivity index (χ2v) is 6.79. The van der Waals surface area contributed by atoms with Crippen LogP contribution < -0.4 is 5.32 Å². The van der Waals surface area contributed by atoms with Crippen LogP contribution in [0.25, 0.3) is 10.9 Å². The van der Waals surface area contributed by atoms with E-state index in [2.05, 4.69) is 10.4 Å². The fraction of sp³-hybridized carbons (Fsp3) is 0.550. The van der Waals surface area contributed by atoms with E-state index >= 15 is 0 Å². The molecule has 2 rings (SSSR count). The lowest BCUT2D eigenvalue weighted by Crippen LogP contribution is -2.45. The summed E-state index contributed by atoms with van der Waals surface area (Å²) in [5, 5.41) is 7.95. The van der Waals surface area contributed by atoms with Crippen molar-refractivity contribution in [1.29, 1.82) is 0 Å². The van der Waals surface area contributed by atoms with Gasteiger partial charge in [0, 0.05) is 11.9 Å². The van der Waals surface area contributed by atoms with Gasteiger partial charge in [0.15, 0.2) is 5.69 Å². The van der Waals surface area contributed by atoms with Crippen molar-refractivity contribution in [3.63, 3.8) is 0 Å². The number of para-hydroxylation sites is 1. The van der Waals surface area contributed by atoms with Gasteiger partial charge in [-0.25, -0.2) is 4.79 Å². The maximum atomic E-state index is 12.8. The minimum absolute atomic E-state index is 0.109. The molecule has 7 heteroatoms. The van der Waals surface area contributed by atoms with Gasteiger partial charge < -0.3 is 10.1 Å². The lowest BCUT2D eigenvalue weighted by atomic mass is 10.0. The number of benzene rings is 1. The normalized spacial score (nSPS) is 12.3. The number of fused-ring (bicyclic) bond motifs is 1. The summed E-state index contributed by atoms with van der Waals surface area (Å²) in [4.78, 5) is 25.0. The third-order valence-corrected chi connectivity index (χ3v) is 4.37. The summed E-state index contributed by atoms with van der Waals surface area (Å²) in [5.74, 6) is -0.960. The summed E-state index contributed by atoms with van der Waals surface area (Å²) in [6.07, 6.45) is 2.08. The average molecular weight is 377 g/mol. The third kappa shape index (κ3) is 5.28. The average Bonchev–Trinajstić information content (AvgIpc) is 3.02. The van der Waals surface area contributed by atoms with Crippen molar-refractivity contribution < 1.29 is 18.7 Å². The molecular formula is C20H28FN3O3. The molecule has 0 saturated carbocycles. The number of amides is 1. The largest absolute Gasteiger partial charge is 0.464 e. The summed E-state index contributed by atoms with van der Waals surface area (Å²) in [6, 6.07) is 6.74. The van der Waals surface area contributed by atoms with Gasteiger partial charge in [0.2, 0.25) is 0 Å². The summed E-state index contributed by atoms with van der Waals surface area (Å²) >= 11 is 0. The summed E-state index contributed by atoms with van der Waals surface area (Å²) in [7, 11) is 0. The molecule has 6 nitrogen and oxygen atoms in total. The molecule has 0 spiro atoms. The Labute approximate surface area is 159 Å². The Morgan fingerprint density at radius 1 is 1.22 bits per heavy atom. The number of esters is 1. The molecule has 2 aromatic rings. The van der Waals surface area contributed by atoms with E-state index in [9.17, 15) is 14.0 Å². The van der Waals surface area contributed by atoms with Gasteiger partial charge in [-0.15, -0.1) is 0 Å². The molecule has 1 amide bonds. The monoisotopic (exact) mass is 377 g/mol. The van der Waals surface area contributed by atoms with E-state index in [4.69, 9.17) is 4.74 Å². The molecule has 0 fully saturated rings. The van der Waals surface area contributed by atoms with Crippen LogP contribution in [0.3, 0.4) is 0 Å². The van der Waals surface area contributed by atoms with Gasteiger partial charge in [-0.2, -0.15) is 5.10 Å². The van der Waals surface area contributed by atoms with Crippen LogP contribution in [-0.4, -0.2) is 41.0 Å². The van der Waals surface area contributed by atoms with Gasteiger partial charge in [-0.05, 0) is 38.2 Å². The Kier molecular flexibility index (Phi) is 7.76. The molecule has 1 aromatic heterocycles. The minimum atomic E-state index is -0.731. The summed E-state index contributed by atoms with van der Waals surface area (Å²) < 4.78 is 19.1. The number of hydrogen-bond acceptors (Lipinski definition) is 4. The number of nitrogens with one attached hydrogen (secondary N) is 1. The van der Waals surface area contributed by atoms with Crippen molar-refractivity contribution in [1.82, 2.24) is 15.1 Å². The molecule has 0 aliphatic heterocycles. The molecule has 0 bridgehead atoms. The van der Waals surface area contributed by atoms with E-state index < -0.39 is 17.9 Å². The van der Waals surface area contributed by atoms with Crippen LogP contribution in [0.15, 0.2) is 24.3 Å². The van der Waals surface area contributed by atoms with Crippen molar-refractivity contribution in [3.05, 3.63) is 30.0 Å². The Bertz CT molecular complexity index is 773. The van der Waals surface area contributed by atoms with E-state index in [1.165, 1.54) is 0 Å². The molecule has 27 heavy (non-hydrogen) atoms. The van der Waals surface area contributed by atoms with Gasteiger partial charge in [0.1, 0.15) is 6.04 Å². The fourth-order valence-electron chi connectivity index (χ4n) is 2.94. The van der Waals surface area contributed by atoms with Crippen LogP contribution in [0.2, 0.25) is 0 Å². The van der Waals surface area contributed by atoms with Crippen LogP contribution in [-0.2, 0) is 16.1 Å². The van der Waals surface area contributed by atoms with Gasteiger partial charge in [0.05, 0.1) is 18.8 Å². The van der Waals surface area contributed by atoms with Crippen LogP contribution in [0.1, 0.15) is 50.5 Å². The third-order valence-electron chi connectivity index (χ3n) is 4.37. The molecule has 0 aliphatic carbocycles. The Morgan fingerprint density at radius 3 is 2.63 bits per heavy atom. The van der Waals surface area contributed by atoms with Crippen LogP contribution >= 0.6 is 0 Å². The van der Waals surface area contributed by atoms with Crippen molar-refractivity contribution in [2.24, 2.45) is 5.92 Å². The highest BCUT2D eigenvalue weighted by atomic mass is 19.1. The topological polar surface area (TPSA) is 73.2 Å². The highest BCUT2D eigenvalue weighted by molar-refractivity contribution is 6.06. The van der Waals surface area contributed by atoms with E-state index in [0.29, 0.717) is 13.0 Å². The van der Waals surface area contributed by atoms with E-state index in [0.717, 1.165) is 23.7 Å². The SMILES string of the molecule is CCOC(=O)[C@H](NC(=O)c1nn(CCCCCF)c2ccccc12)C(C)C. The Balaban J connectivity index is 2.23. The number of carbonyl (C=O) groups is 2. The number of aryl methyl sites for hydroxylation is 1. The lowest BCUT2D eigenvalue weighted by molar-refractivity contribution is -0.146. The second-order valence-electron chi connectivity index (χ2n) is 6.79. The molecule has 1 heterocycles. The zero-order valence-corrected chi connectivity index (χ0v) is 16.2. The highest BCUT2D eigenvalue weighted by Crippen LogP contribution is 2.20. The highest BCUT2D eigenvalue weighted by Gasteiger charge is 2.27. The lowest BCUT2D eigenvalue weighted by Gasteiger charge is -2.20. The van der Waals surface area contributed by atoms with Crippen LogP contribution in [0.4, 0.5) is 4.39 Å². The predicted octanol–water partition coefficient (Wildman–Crippen LogP) is 3.49.